The molecule has 0 spiro atoms. The zero-order valence-corrected chi connectivity index (χ0v) is 9.25. The summed E-state index contributed by atoms with van der Waals surface area (Å²) in [6.45, 7) is 4.37. The summed E-state index contributed by atoms with van der Waals surface area (Å²) in [5, 5.41) is 0. The zero-order valence-electron chi connectivity index (χ0n) is 8.36. The van der Waals surface area contributed by atoms with Crippen molar-refractivity contribution in [1.29, 1.82) is 0 Å². The Hall–Kier alpha value is -0.960. The van der Waals surface area contributed by atoms with E-state index in [0.29, 0.717) is 6.61 Å². The van der Waals surface area contributed by atoms with Crippen molar-refractivity contribution in [2.75, 3.05) is 6.61 Å². The van der Waals surface area contributed by atoms with Crippen molar-refractivity contribution in [2.24, 2.45) is 0 Å². The first-order valence-electron chi connectivity index (χ1n) is 4.60. The minimum atomic E-state index is -0.149. The van der Waals surface area contributed by atoms with Crippen LogP contribution in [0.15, 0.2) is 23.1 Å². The second kappa shape index (κ2) is 5.05. The van der Waals surface area contributed by atoms with Gasteiger partial charge < -0.3 is 9.53 Å². The Bertz CT molecular complexity index is 323. The van der Waals surface area contributed by atoms with Gasteiger partial charge in [-0.2, -0.15) is 0 Å². The molecule has 0 N–H and O–H groups in total. The third kappa shape index (κ3) is 2.51. The first-order chi connectivity index (χ1) is 6.69. The van der Waals surface area contributed by atoms with Crippen molar-refractivity contribution in [3.8, 4) is 5.75 Å². The molecular formula is C11H14O2S. The van der Waals surface area contributed by atoms with Crippen molar-refractivity contribution in [3.63, 3.8) is 0 Å². The van der Waals surface area contributed by atoms with Gasteiger partial charge in [-0.3, -0.25) is 0 Å². The maximum absolute atomic E-state index is 10.7. The molecule has 0 saturated carbocycles. The third-order valence-electron chi connectivity index (χ3n) is 1.99. The number of hydrogen-bond donors (Lipinski definition) is 1. The average molecular weight is 210 g/mol. The van der Waals surface area contributed by atoms with Crippen LogP contribution in [-0.4, -0.2) is 12.9 Å². The highest BCUT2D eigenvalue weighted by atomic mass is 32.1. The van der Waals surface area contributed by atoms with E-state index in [1.54, 1.807) is 0 Å². The van der Waals surface area contributed by atoms with Gasteiger partial charge in [0.15, 0.2) is 0 Å². The van der Waals surface area contributed by atoms with E-state index in [1.807, 2.05) is 32.0 Å². The van der Waals surface area contributed by atoms with Crippen LogP contribution in [0.4, 0.5) is 0 Å². The summed E-state index contributed by atoms with van der Waals surface area (Å²) in [5.74, 6) is 0.619. The van der Waals surface area contributed by atoms with Crippen LogP contribution >= 0.6 is 12.6 Å². The molecule has 1 aromatic rings. The number of hydrogen-bond acceptors (Lipinski definition) is 3. The first kappa shape index (κ1) is 11.1. The van der Waals surface area contributed by atoms with Crippen molar-refractivity contribution < 1.29 is 9.53 Å². The summed E-state index contributed by atoms with van der Waals surface area (Å²) in [5.41, 5.74) is 0.898. The van der Waals surface area contributed by atoms with Gasteiger partial charge in [-0.05, 0) is 25.1 Å². The van der Waals surface area contributed by atoms with E-state index >= 15 is 0 Å². The van der Waals surface area contributed by atoms with E-state index in [1.165, 1.54) is 0 Å². The quantitative estimate of drug-likeness (QED) is 0.611. The van der Waals surface area contributed by atoms with Gasteiger partial charge in [0.2, 0.25) is 0 Å². The summed E-state index contributed by atoms with van der Waals surface area (Å²) in [6, 6.07) is 5.57. The first-order valence-corrected chi connectivity index (χ1v) is 5.04. The summed E-state index contributed by atoms with van der Waals surface area (Å²) in [4.78, 5) is 11.5. The van der Waals surface area contributed by atoms with E-state index in [0.717, 1.165) is 22.5 Å². The fourth-order valence-corrected chi connectivity index (χ4v) is 1.47. The van der Waals surface area contributed by atoms with Gasteiger partial charge in [-0.1, -0.05) is 6.92 Å². The number of thiol groups is 1. The van der Waals surface area contributed by atoms with Crippen LogP contribution in [0.2, 0.25) is 0 Å². The Kier molecular flexibility index (Phi) is 4.01. The Morgan fingerprint density at radius 1 is 1.57 bits per heavy atom. The topological polar surface area (TPSA) is 26.3 Å². The summed E-state index contributed by atoms with van der Waals surface area (Å²) >= 11 is 4.23. The lowest BCUT2D eigenvalue weighted by atomic mass is 10.0. The molecule has 1 unspecified atom stereocenters. The van der Waals surface area contributed by atoms with Crippen LogP contribution in [0.3, 0.4) is 0 Å². The van der Waals surface area contributed by atoms with E-state index < -0.39 is 0 Å². The maximum Gasteiger partial charge on any atom is 0.127 e. The number of carbonyl (C=O) groups is 1. The molecule has 0 bridgehead atoms. The predicted octanol–water partition coefficient (Wildman–Crippen LogP) is 2.68. The summed E-state index contributed by atoms with van der Waals surface area (Å²) in [6.07, 6.45) is 0.908. The Labute approximate surface area is 89.7 Å². The molecule has 3 heteroatoms. The minimum absolute atomic E-state index is 0.149. The number of benzene rings is 1. The smallest absolute Gasteiger partial charge is 0.127 e. The molecule has 0 amide bonds. The molecule has 14 heavy (non-hydrogen) atoms. The van der Waals surface area contributed by atoms with Crippen molar-refractivity contribution in [3.05, 3.63) is 23.8 Å². The van der Waals surface area contributed by atoms with Crippen molar-refractivity contribution >= 4 is 18.9 Å². The second-order valence-electron chi connectivity index (χ2n) is 3.08. The van der Waals surface area contributed by atoms with Crippen LogP contribution in [0.5, 0.6) is 5.75 Å². The largest absolute Gasteiger partial charge is 0.494 e. The fourth-order valence-electron chi connectivity index (χ4n) is 1.25. The van der Waals surface area contributed by atoms with Crippen LogP contribution < -0.4 is 4.74 Å². The summed E-state index contributed by atoms with van der Waals surface area (Å²) < 4.78 is 5.42. The minimum Gasteiger partial charge on any atom is -0.494 e. The number of ether oxygens (including phenoxy) is 1. The van der Waals surface area contributed by atoms with Gasteiger partial charge in [0.1, 0.15) is 12.0 Å². The molecule has 0 aliphatic carbocycles. The highest BCUT2D eigenvalue weighted by molar-refractivity contribution is 7.80. The number of aldehydes is 1. The van der Waals surface area contributed by atoms with Crippen LogP contribution in [-0.2, 0) is 4.79 Å². The lowest BCUT2D eigenvalue weighted by Crippen LogP contribution is -2.01. The molecule has 0 aliphatic heterocycles. The second-order valence-corrected chi connectivity index (χ2v) is 3.60. The highest BCUT2D eigenvalue weighted by Gasteiger charge is 2.10. The molecule has 0 aliphatic rings. The number of rotatable bonds is 4. The Balaban J connectivity index is 3.08. The normalized spacial score (nSPS) is 12.2. The van der Waals surface area contributed by atoms with Crippen LogP contribution in [0, 0.1) is 0 Å². The molecule has 0 saturated heterocycles. The van der Waals surface area contributed by atoms with E-state index in [2.05, 4.69) is 12.6 Å². The molecule has 0 fully saturated rings. The molecule has 0 radical (unpaired) electrons. The molecule has 2 nitrogen and oxygen atoms in total. The molecule has 0 aromatic heterocycles. The Morgan fingerprint density at radius 2 is 2.29 bits per heavy atom. The van der Waals surface area contributed by atoms with Crippen molar-refractivity contribution in [1.82, 2.24) is 0 Å². The summed E-state index contributed by atoms with van der Waals surface area (Å²) in [7, 11) is 0. The van der Waals surface area contributed by atoms with Gasteiger partial charge in [-0.15, -0.1) is 12.6 Å². The SMILES string of the molecule is CCOc1ccc(S)cc1C(C)C=O. The molecule has 1 rings (SSSR count). The third-order valence-corrected chi connectivity index (χ3v) is 2.27. The van der Waals surface area contributed by atoms with Crippen molar-refractivity contribution in [2.45, 2.75) is 24.7 Å². The lowest BCUT2D eigenvalue weighted by Gasteiger charge is -2.12. The fraction of sp³-hybridized carbons (Fsp3) is 0.364. The standard InChI is InChI=1S/C11H14O2S/c1-3-13-11-5-4-9(14)6-10(11)8(2)7-12/h4-8,14H,3H2,1-2H3. The van der Waals surface area contributed by atoms with Gasteiger partial charge in [0.25, 0.3) is 0 Å². The van der Waals surface area contributed by atoms with E-state index in [4.69, 9.17) is 4.74 Å². The molecule has 0 heterocycles. The Morgan fingerprint density at radius 3 is 2.86 bits per heavy atom. The molecule has 76 valence electrons. The van der Waals surface area contributed by atoms with Crippen LogP contribution in [0.1, 0.15) is 25.3 Å². The van der Waals surface area contributed by atoms with Crippen LogP contribution in [0.25, 0.3) is 0 Å². The molecule has 1 aromatic carbocycles. The number of carbonyl (C=O) groups excluding carboxylic acids is 1. The maximum atomic E-state index is 10.7. The van der Waals surface area contributed by atoms with Gasteiger partial charge in [-0.25, -0.2) is 0 Å². The monoisotopic (exact) mass is 210 g/mol. The molecular weight excluding hydrogens is 196 g/mol. The van der Waals surface area contributed by atoms with E-state index in [-0.39, 0.29) is 5.92 Å². The molecule has 1 atom stereocenters. The van der Waals surface area contributed by atoms with Gasteiger partial charge in [0.05, 0.1) is 6.61 Å². The van der Waals surface area contributed by atoms with Gasteiger partial charge in [0, 0.05) is 16.4 Å². The highest BCUT2D eigenvalue weighted by Crippen LogP contribution is 2.27. The average Bonchev–Trinajstić information content (AvgIpc) is 2.20. The predicted molar refractivity (Wildman–Crippen MR) is 59.3 cm³/mol. The zero-order chi connectivity index (χ0) is 10.6. The van der Waals surface area contributed by atoms with Gasteiger partial charge >= 0.3 is 0 Å². The van der Waals surface area contributed by atoms with E-state index in [9.17, 15) is 4.79 Å². The lowest BCUT2D eigenvalue weighted by molar-refractivity contribution is -0.108.